The molecule has 1 fully saturated rings. The summed E-state index contributed by atoms with van der Waals surface area (Å²) in [7, 11) is 0. The topological polar surface area (TPSA) is 171 Å². The maximum absolute atomic E-state index is 12.9. The van der Waals surface area contributed by atoms with Crippen LogP contribution in [0.5, 0.6) is 0 Å². The van der Waals surface area contributed by atoms with Crippen molar-refractivity contribution in [2.75, 3.05) is 11.5 Å². The van der Waals surface area contributed by atoms with Crippen molar-refractivity contribution in [2.24, 2.45) is 10.1 Å². The lowest BCUT2D eigenvalue weighted by molar-refractivity contribution is -0.155. The normalized spacial score (nSPS) is 24.7. The van der Waals surface area contributed by atoms with Crippen LogP contribution in [-0.4, -0.2) is 78.1 Å². The lowest BCUT2D eigenvalue weighted by Crippen LogP contribution is -2.72. The van der Waals surface area contributed by atoms with Gasteiger partial charge in [-0.2, -0.15) is 13.2 Å². The molecule has 0 aliphatic carbocycles. The highest BCUT2D eigenvalue weighted by atomic mass is 35.5. The van der Waals surface area contributed by atoms with Crippen LogP contribution in [-0.2, 0) is 14.4 Å². The number of nitrogen functional groups attached to an aromatic ring is 1. The number of nitrogens with zero attached hydrogens (tertiary/aromatic N) is 4. The summed E-state index contributed by atoms with van der Waals surface area (Å²) >= 11 is 8.20. The number of fused-ring (bicyclic) bond motifs is 1. The van der Waals surface area contributed by atoms with Crippen LogP contribution in [0.1, 0.15) is 18.5 Å². The van der Waals surface area contributed by atoms with Gasteiger partial charge in [0.05, 0.1) is 6.04 Å². The van der Waals surface area contributed by atoms with Gasteiger partial charge >= 0.3 is 12.1 Å². The zero-order valence-corrected chi connectivity index (χ0v) is 20.3. The van der Waals surface area contributed by atoms with Gasteiger partial charge in [0.15, 0.2) is 15.9 Å². The number of anilines is 1. The molecule has 5 N–H and O–H groups in total. The summed E-state index contributed by atoms with van der Waals surface area (Å²) in [4.78, 5) is 46.0. The molecule has 3 atom stereocenters. The number of β-lactam (4-membered cyclic amide) rings is 1. The second-order valence-corrected chi connectivity index (χ2v) is 11.2. The molecule has 0 spiro atoms. The third kappa shape index (κ3) is 4.81. The van der Waals surface area contributed by atoms with E-state index in [1.807, 2.05) is 0 Å². The fraction of sp³-hybridized carbons (Fsp3) is 0.412. The number of thiazole rings is 1. The summed E-state index contributed by atoms with van der Waals surface area (Å²) in [5, 5.41) is 22.5. The number of nitrogens with two attached hydrogens (primary N) is 1. The number of aliphatic carboxylic acids is 1. The van der Waals surface area contributed by atoms with Gasteiger partial charge in [-0.25, -0.2) is 9.78 Å². The summed E-state index contributed by atoms with van der Waals surface area (Å²) in [5.74, 6) is -3.13. The van der Waals surface area contributed by atoms with Gasteiger partial charge in [0, 0.05) is 10.7 Å². The van der Waals surface area contributed by atoms with Gasteiger partial charge in [0.2, 0.25) is 0 Å². The summed E-state index contributed by atoms with van der Waals surface area (Å²) in [6, 6.07) is -1.84. The molecule has 1 aromatic heterocycles. The van der Waals surface area contributed by atoms with E-state index in [0.717, 1.165) is 28.0 Å². The Balaban J connectivity index is 1.50. The summed E-state index contributed by atoms with van der Waals surface area (Å²) in [6.45, 7) is 0. The number of carbonyl (C=O) groups excluding carboxylic acids is 2. The van der Waals surface area contributed by atoms with E-state index >= 15 is 0 Å². The first-order valence-corrected chi connectivity index (χ1v) is 12.7. The highest BCUT2D eigenvalue weighted by molar-refractivity contribution is 8.15. The maximum atomic E-state index is 12.9. The summed E-state index contributed by atoms with van der Waals surface area (Å²) in [6.07, 6.45) is -4.19. The van der Waals surface area contributed by atoms with E-state index in [4.69, 9.17) is 17.3 Å². The number of halogens is 4. The number of carbonyl (C=O) groups is 3. The number of aromatic nitrogens is 1. The number of hydrogen-bond donors (Lipinski definition) is 4. The van der Waals surface area contributed by atoms with Gasteiger partial charge in [-0.3, -0.25) is 19.5 Å². The molecule has 3 aliphatic heterocycles. The van der Waals surface area contributed by atoms with E-state index in [2.05, 4.69) is 20.4 Å². The van der Waals surface area contributed by atoms with Gasteiger partial charge in [0.1, 0.15) is 27.1 Å². The average Bonchev–Trinajstić information content (AvgIpc) is 3.38. The molecule has 1 saturated heterocycles. The Morgan fingerprint density at radius 2 is 2.09 bits per heavy atom. The molecule has 11 nitrogen and oxygen atoms in total. The molecule has 0 aromatic carbocycles. The number of alkyl halides is 3. The number of oxime groups is 1. The number of rotatable bonds is 6. The number of amides is 2. The molecule has 2 amide bonds. The lowest BCUT2D eigenvalue weighted by atomic mass is 9.86. The number of carboxylic acids is 1. The standard InChI is InChI=1S/C17H14ClF3N6O5S3/c18-11-8(25-16(22)35-11)9(26-32)12(28)24-7-4-1-2-5(10(14(30)31)27(4)13(7)29)34-6-3-33-15(23-6)17(19,20)21/h4,6-7,32H,1-3H2,(H2,22,25)(H,24,28)(H,30,31)/b26-9-. The Hall–Kier alpha value is -2.50. The Morgan fingerprint density at radius 3 is 2.63 bits per heavy atom. The van der Waals surface area contributed by atoms with E-state index in [9.17, 15) is 37.9 Å². The molecular weight excluding hydrogens is 557 g/mol. The van der Waals surface area contributed by atoms with Crippen LogP contribution in [0.25, 0.3) is 0 Å². The van der Waals surface area contributed by atoms with Crippen molar-refractivity contribution in [3.05, 3.63) is 20.6 Å². The summed E-state index contributed by atoms with van der Waals surface area (Å²) in [5.41, 5.74) is 4.42. The molecule has 4 rings (SSSR count). The van der Waals surface area contributed by atoms with Crippen molar-refractivity contribution in [1.82, 2.24) is 15.2 Å². The Bertz CT molecular complexity index is 1200. The second-order valence-electron chi connectivity index (χ2n) is 7.28. The number of carboxylic acid groups (broad SMARTS) is 1. The molecule has 188 valence electrons. The molecule has 0 saturated carbocycles. The first kappa shape index (κ1) is 25.6. The van der Waals surface area contributed by atoms with Crippen LogP contribution >= 0.6 is 46.5 Å². The minimum Gasteiger partial charge on any atom is -0.477 e. The summed E-state index contributed by atoms with van der Waals surface area (Å²) < 4.78 is 38.6. The molecule has 3 aliphatic rings. The van der Waals surface area contributed by atoms with Crippen LogP contribution in [0.2, 0.25) is 4.34 Å². The quantitative estimate of drug-likeness (QED) is 0.173. The van der Waals surface area contributed by atoms with Crippen LogP contribution < -0.4 is 11.1 Å². The van der Waals surface area contributed by atoms with Crippen molar-refractivity contribution in [3.63, 3.8) is 0 Å². The minimum atomic E-state index is -4.58. The number of allylic oxidation sites excluding steroid dienone is 1. The smallest absolute Gasteiger partial charge is 0.439 e. The highest BCUT2D eigenvalue weighted by Crippen LogP contribution is 2.45. The first-order chi connectivity index (χ1) is 16.4. The average molecular weight is 571 g/mol. The van der Waals surface area contributed by atoms with E-state index < -0.39 is 52.2 Å². The maximum Gasteiger partial charge on any atom is 0.439 e. The zero-order valence-electron chi connectivity index (χ0n) is 17.1. The van der Waals surface area contributed by atoms with Gasteiger partial charge in [0.25, 0.3) is 11.8 Å². The van der Waals surface area contributed by atoms with Gasteiger partial charge in [-0.15, -0.1) is 11.8 Å². The Kier molecular flexibility index (Phi) is 6.96. The fourth-order valence-corrected chi connectivity index (χ4v) is 6.98. The fourth-order valence-electron chi connectivity index (χ4n) is 3.75. The Morgan fingerprint density at radius 1 is 1.37 bits per heavy atom. The molecule has 4 heterocycles. The van der Waals surface area contributed by atoms with Crippen LogP contribution in [0, 0.1) is 0 Å². The number of thioether (sulfide) groups is 2. The minimum absolute atomic E-state index is 0.0103. The van der Waals surface area contributed by atoms with E-state index in [-0.39, 0.29) is 44.4 Å². The van der Waals surface area contributed by atoms with Crippen molar-refractivity contribution in [2.45, 2.75) is 36.5 Å². The van der Waals surface area contributed by atoms with Gasteiger partial charge in [-0.05, 0) is 12.8 Å². The number of aliphatic imine (C=N–C) groups is 1. The van der Waals surface area contributed by atoms with E-state index in [1.54, 1.807) is 0 Å². The van der Waals surface area contributed by atoms with Gasteiger partial charge in [-0.1, -0.05) is 39.9 Å². The molecule has 3 unspecified atom stereocenters. The molecule has 0 bridgehead atoms. The number of hydrogen-bond acceptors (Lipinski definition) is 11. The third-order valence-electron chi connectivity index (χ3n) is 5.17. The first-order valence-electron chi connectivity index (χ1n) is 9.61. The molecule has 35 heavy (non-hydrogen) atoms. The molecular formula is C17H14ClF3N6O5S3. The van der Waals surface area contributed by atoms with Gasteiger partial charge < -0.3 is 21.4 Å². The van der Waals surface area contributed by atoms with Crippen LogP contribution in [0.3, 0.4) is 0 Å². The molecule has 18 heteroatoms. The third-order valence-corrected chi connectivity index (χ3v) is 8.78. The zero-order chi connectivity index (χ0) is 25.7. The lowest BCUT2D eigenvalue weighted by Gasteiger charge is -2.50. The Labute approximate surface area is 211 Å². The number of nitrogens with one attached hydrogen (secondary N) is 1. The molecule has 0 radical (unpaired) electrons. The SMILES string of the molecule is Nc1nc(/C(=N/O)C(=O)NC2C(=O)N3C(C(=O)O)=C(SC4CSC(C(F)(F)F)=N4)CCC23)c(Cl)s1. The van der Waals surface area contributed by atoms with Crippen molar-refractivity contribution >= 4 is 80.1 Å². The van der Waals surface area contributed by atoms with Crippen LogP contribution in [0.15, 0.2) is 20.8 Å². The van der Waals surface area contributed by atoms with E-state index in [1.165, 1.54) is 0 Å². The predicted molar refractivity (Wildman–Crippen MR) is 124 cm³/mol. The largest absolute Gasteiger partial charge is 0.477 e. The highest BCUT2D eigenvalue weighted by Gasteiger charge is 2.54. The second kappa shape index (κ2) is 9.51. The van der Waals surface area contributed by atoms with Crippen molar-refractivity contribution < 1.29 is 37.9 Å². The van der Waals surface area contributed by atoms with Crippen molar-refractivity contribution in [3.8, 4) is 0 Å². The van der Waals surface area contributed by atoms with Crippen LogP contribution in [0.4, 0.5) is 18.3 Å². The molecule has 1 aromatic rings. The monoisotopic (exact) mass is 570 g/mol. The predicted octanol–water partition coefficient (Wildman–Crippen LogP) is 2.11. The van der Waals surface area contributed by atoms with E-state index in [0.29, 0.717) is 11.8 Å². The van der Waals surface area contributed by atoms with Crippen molar-refractivity contribution in [1.29, 1.82) is 0 Å².